The molecule has 0 fully saturated rings. The molecule has 23 heavy (non-hydrogen) atoms. The van der Waals surface area contributed by atoms with Gasteiger partial charge in [-0.2, -0.15) is 0 Å². The minimum absolute atomic E-state index is 0.0798. The molecule has 0 unspecified atom stereocenters. The molecule has 0 saturated carbocycles. The number of rotatable bonds is 7. The molecule has 0 spiro atoms. The van der Waals surface area contributed by atoms with E-state index in [0.29, 0.717) is 17.8 Å². The Bertz CT molecular complexity index is 661. The first-order valence-electron chi connectivity index (χ1n) is 7.48. The average Bonchev–Trinajstić information content (AvgIpc) is 2.96. The van der Waals surface area contributed by atoms with Gasteiger partial charge in [0.25, 0.3) is 0 Å². The van der Waals surface area contributed by atoms with Gasteiger partial charge in [-0.25, -0.2) is 0 Å². The number of carbonyl (C=O) groups is 1. The number of ether oxygens (including phenoxy) is 1. The van der Waals surface area contributed by atoms with Gasteiger partial charge in [0.05, 0.1) is 13.2 Å². The molecule has 2 aromatic rings. The molecule has 0 radical (unpaired) electrons. The van der Waals surface area contributed by atoms with Gasteiger partial charge in [-0.1, -0.05) is 19.1 Å². The number of furan rings is 1. The van der Waals surface area contributed by atoms with Gasteiger partial charge in [-0.3, -0.25) is 4.79 Å². The van der Waals surface area contributed by atoms with E-state index in [2.05, 4.69) is 22.9 Å². The second-order valence-corrected chi connectivity index (χ2v) is 5.93. The summed E-state index contributed by atoms with van der Waals surface area (Å²) in [7, 11) is 1.74. The van der Waals surface area contributed by atoms with Gasteiger partial charge in [-0.15, -0.1) is 0 Å². The highest BCUT2D eigenvalue weighted by Gasteiger charge is 2.08. The van der Waals surface area contributed by atoms with Crippen LogP contribution in [-0.4, -0.2) is 24.5 Å². The molecule has 1 heterocycles. The van der Waals surface area contributed by atoms with Crippen LogP contribution in [-0.2, 0) is 11.3 Å². The van der Waals surface area contributed by atoms with E-state index in [4.69, 9.17) is 9.15 Å². The van der Waals surface area contributed by atoms with Gasteiger partial charge in [0, 0.05) is 13.1 Å². The highest BCUT2D eigenvalue weighted by molar-refractivity contribution is 9.10. The van der Waals surface area contributed by atoms with Crippen LogP contribution in [0.5, 0.6) is 5.75 Å². The zero-order chi connectivity index (χ0) is 16.7. The smallest absolute Gasteiger partial charge is 0.246 e. The number of nitrogens with zero attached hydrogens (tertiary/aromatic N) is 1. The number of likely N-dealkylation sites (N-methyl/N-ethyl adjacent to an activating group) is 1. The summed E-state index contributed by atoms with van der Waals surface area (Å²) in [5, 5.41) is 0. The molecule has 0 N–H and O–H groups in total. The third-order valence-corrected chi connectivity index (χ3v) is 3.60. The van der Waals surface area contributed by atoms with Crippen LogP contribution >= 0.6 is 15.9 Å². The molecule has 0 aliphatic carbocycles. The van der Waals surface area contributed by atoms with Gasteiger partial charge in [0.2, 0.25) is 5.91 Å². The topological polar surface area (TPSA) is 42.7 Å². The van der Waals surface area contributed by atoms with Crippen molar-refractivity contribution in [2.24, 2.45) is 0 Å². The van der Waals surface area contributed by atoms with E-state index in [1.54, 1.807) is 24.1 Å². The first-order valence-corrected chi connectivity index (χ1v) is 8.28. The summed E-state index contributed by atoms with van der Waals surface area (Å²) in [6, 6.07) is 11.3. The van der Waals surface area contributed by atoms with E-state index in [9.17, 15) is 4.79 Å². The maximum atomic E-state index is 12.1. The van der Waals surface area contributed by atoms with Crippen molar-refractivity contribution in [1.82, 2.24) is 4.90 Å². The number of benzene rings is 1. The van der Waals surface area contributed by atoms with Crippen LogP contribution < -0.4 is 4.74 Å². The minimum atomic E-state index is -0.0798. The minimum Gasteiger partial charge on any atom is -0.494 e. The number of halogens is 1. The summed E-state index contributed by atoms with van der Waals surface area (Å²) in [5.74, 6) is 1.50. The molecular weight excluding hydrogens is 358 g/mol. The largest absolute Gasteiger partial charge is 0.494 e. The fourth-order valence-electron chi connectivity index (χ4n) is 1.94. The Morgan fingerprint density at radius 1 is 1.26 bits per heavy atom. The van der Waals surface area contributed by atoms with E-state index in [0.717, 1.165) is 23.5 Å². The Labute approximate surface area is 144 Å². The molecule has 1 aromatic heterocycles. The predicted molar refractivity (Wildman–Crippen MR) is 94.1 cm³/mol. The second kappa shape index (κ2) is 8.58. The maximum Gasteiger partial charge on any atom is 0.246 e. The summed E-state index contributed by atoms with van der Waals surface area (Å²) in [6.45, 7) is 3.21. The normalized spacial score (nSPS) is 10.9. The zero-order valence-electron chi connectivity index (χ0n) is 13.3. The molecule has 1 amide bonds. The molecule has 122 valence electrons. The summed E-state index contributed by atoms with van der Waals surface area (Å²) in [5.41, 5.74) is 0.955. The van der Waals surface area contributed by atoms with Crippen molar-refractivity contribution in [3.63, 3.8) is 0 Å². The second-order valence-electron chi connectivity index (χ2n) is 5.15. The van der Waals surface area contributed by atoms with Crippen LogP contribution in [0.25, 0.3) is 6.08 Å². The van der Waals surface area contributed by atoms with Gasteiger partial charge in [-0.05, 0) is 58.3 Å². The number of carbonyl (C=O) groups excluding carboxylic acids is 1. The molecule has 0 bridgehead atoms. The Balaban J connectivity index is 1.89. The molecule has 1 aromatic carbocycles. The third-order valence-electron chi connectivity index (χ3n) is 3.17. The van der Waals surface area contributed by atoms with Crippen LogP contribution in [0.3, 0.4) is 0 Å². The van der Waals surface area contributed by atoms with E-state index in [1.807, 2.05) is 36.4 Å². The lowest BCUT2D eigenvalue weighted by Gasteiger charge is -2.13. The Kier molecular flexibility index (Phi) is 6.47. The maximum absolute atomic E-state index is 12.1. The van der Waals surface area contributed by atoms with Gasteiger partial charge >= 0.3 is 0 Å². The summed E-state index contributed by atoms with van der Waals surface area (Å²) in [6.07, 6.45) is 4.33. The van der Waals surface area contributed by atoms with E-state index < -0.39 is 0 Å². The first-order chi connectivity index (χ1) is 11.1. The molecular formula is C18H20BrNO3. The molecule has 0 saturated heterocycles. The van der Waals surface area contributed by atoms with Crippen molar-refractivity contribution in [3.05, 3.63) is 58.5 Å². The number of hydrogen-bond acceptors (Lipinski definition) is 3. The molecule has 4 nitrogen and oxygen atoms in total. The average molecular weight is 378 g/mol. The quantitative estimate of drug-likeness (QED) is 0.666. The first kappa shape index (κ1) is 17.3. The molecule has 0 aliphatic rings. The van der Waals surface area contributed by atoms with E-state index >= 15 is 0 Å². The SMILES string of the molecule is CCCOc1ccc(/C=C/C(=O)N(C)Cc2ccc(Br)o2)cc1. The highest BCUT2D eigenvalue weighted by atomic mass is 79.9. The van der Waals surface area contributed by atoms with Crippen LogP contribution in [0.2, 0.25) is 0 Å². The third kappa shape index (κ3) is 5.60. The van der Waals surface area contributed by atoms with Crippen LogP contribution in [0, 0.1) is 0 Å². The lowest BCUT2D eigenvalue weighted by Crippen LogP contribution is -2.23. The lowest BCUT2D eigenvalue weighted by atomic mass is 10.2. The van der Waals surface area contributed by atoms with Gasteiger partial charge < -0.3 is 14.1 Å². The Hall–Kier alpha value is -2.01. The predicted octanol–water partition coefficient (Wildman–Crippen LogP) is 4.50. The van der Waals surface area contributed by atoms with Crippen molar-refractivity contribution in [2.75, 3.05) is 13.7 Å². The van der Waals surface area contributed by atoms with E-state index in [-0.39, 0.29) is 5.91 Å². The molecule has 0 aliphatic heterocycles. The number of hydrogen-bond donors (Lipinski definition) is 0. The molecule has 0 atom stereocenters. The van der Waals surface area contributed by atoms with Crippen LogP contribution in [0.15, 0.2) is 51.6 Å². The van der Waals surface area contributed by atoms with Crippen LogP contribution in [0.4, 0.5) is 0 Å². The summed E-state index contributed by atoms with van der Waals surface area (Å²) in [4.78, 5) is 13.7. The van der Waals surface area contributed by atoms with E-state index in [1.165, 1.54) is 0 Å². The summed E-state index contributed by atoms with van der Waals surface area (Å²) >= 11 is 3.25. The lowest BCUT2D eigenvalue weighted by molar-refractivity contribution is -0.125. The standard InChI is InChI=1S/C18H20BrNO3/c1-3-12-22-15-7-4-14(5-8-15)6-11-18(21)20(2)13-16-9-10-17(19)23-16/h4-11H,3,12-13H2,1-2H3/b11-6+. The van der Waals surface area contributed by atoms with Gasteiger partial charge in [0.1, 0.15) is 11.5 Å². The number of amides is 1. The van der Waals surface area contributed by atoms with Crippen molar-refractivity contribution in [1.29, 1.82) is 0 Å². The monoisotopic (exact) mass is 377 g/mol. The fraction of sp³-hybridized carbons (Fsp3) is 0.278. The fourth-order valence-corrected chi connectivity index (χ4v) is 2.28. The van der Waals surface area contributed by atoms with Crippen molar-refractivity contribution in [3.8, 4) is 5.75 Å². The highest BCUT2D eigenvalue weighted by Crippen LogP contribution is 2.16. The Morgan fingerprint density at radius 2 is 2.00 bits per heavy atom. The van der Waals surface area contributed by atoms with Crippen LogP contribution in [0.1, 0.15) is 24.7 Å². The zero-order valence-corrected chi connectivity index (χ0v) is 14.9. The summed E-state index contributed by atoms with van der Waals surface area (Å²) < 4.78 is 11.6. The van der Waals surface area contributed by atoms with Gasteiger partial charge in [0.15, 0.2) is 4.67 Å². The van der Waals surface area contributed by atoms with Crippen molar-refractivity contribution < 1.29 is 13.9 Å². The van der Waals surface area contributed by atoms with Crippen molar-refractivity contribution >= 4 is 27.9 Å². The molecule has 2 rings (SSSR count). The molecule has 5 heteroatoms. The Morgan fingerprint density at radius 3 is 2.61 bits per heavy atom. The van der Waals surface area contributed by atoms with Crippen molar-refractivity contribution in [2.45, 2.75) is 19.9 Å².